The molecule has 21 heavy (non-hydrogen) atoms. The number of hydrogen-bond acceptors (Lipinski definition) is 4. The molecular formula is C14H20N4O2S. The quantitative estimate of drug-likeness (QED) is 0.759. The van der Waals surface area contributed by atoms with Gasteiger partial charge in [-0.3, -0.25) is 9.82 Å². The summed E-state index contributed by atoms with van der Waals surface area (Å²) in [7, 11) is -3.73. The first kappa shape index (κ1) is 15.5. The van der Waals surface area contributed by atoms with E-state index in [-0.39, 0.29) is 11.6 Å². The zero-order chi connectivity index (χ0) is 15.5. The Hall–Kier alpha value is -1.86. The molecule has 1 heterocycles. The van der Waals surface area contributed by atoms with Crippen LogP contribution in [-0.2, 0) is 23.0 Å². The van der Waals surface area contributed by atoms with E-state index in [1.54, 1.807) is 19.1 Å². The molecule has 6 nitrogen and oxygen atoms in total. The standard InChI is InChI=1S/C14H20N4O2S/c1-3-4-11-5-7-12(8-6-11)18-21(19,20)14-13(9-15)10(2)16-17-14/h5-8,18H,3-4,9,15H2,1-2H3,(H,16,17). The fraction of sp³-hybridized carbons (Fsp3) is 0.357. The van der Waals surface area contributed by atoms with Crippen LogP contribution in [0.1, 0.15) is 30.2 Å². The van der Waals surface area contributed by atoms with Gasteiger partial charge in [-0.25, -0.2) is 0 Å². The number of aromatic nitrogens is 2. The minimum absolute atomic E-state index is 0.0415. The van der Waals surface area contributed by atoms with Crippen LogP contribution in [0.25, 0.3) is 0 Å². The second-order valence-electron chi connectivity index (χ2n) is 4.89. The Balaban J connectivity index is 2.24. The van der Waals surface area contributed by atoms with Gasteiger partial charge in [0, 0.05) is 23.5 Å². The Bertz CT molecular complexity index is 705. The molecule has 0 radical (unpaired) electrons. The van der Waals surface area contributed by atoms with Crippen molar-refractivity contribution in [1.82, 2.24) is 10.2 Å². The maximum absolute atomic E-state index is 12.4. The Morgan fingerprint density at radius 2 is 1.95 bits per heavy atom. The van der Waals surface area contributed by atoms with Crippen molar-refractivity contribution < 1.29 is 8.42 Å². The van der Waals surface area contributed by atoms with Gasteiger partial charge >= 0.3 is 0 Å². The lowest BCUT2D eigenvalue weighted by Crippen LogP contribution is -2.16. The number of sulfonamides is 1. The van der Waals surface area contributed by atoms with Gasteiger partial charge in [-0.2, -0.15) is 13.5 Å². The highest BCUT2D eigenvalue weighted by atomic mass is 32.2. The summed E-state index contributed by atoms with van der Waals surface area (Å²) in [5, 5.41) is 6.46. The zero-order valence-corrected chi connectivity index (χ0v) is 13.0. The van der Waals surface area contributed by atoms with E-state index in [1.807, 2.05) is 12.1 Å². The number of nitrogens with zero attached hydrogens (tertiary/aromatic N) is 1. The van der Waals surface area contributed by atoms with Crippen LogP contribution < -0.4 is 10.5 Å². The second kappa shape index (κ2) is 6.28. The minimum atomic E-state index is -3.73. The summed E-state index contributed by atoms with van der Waals surface area (Å²) in [4.78, 5) is 0. The van der Waals surface area contributed by atoms with Crippen LogP contribution in [0.2, 0.25) is 0 Å². The van der Waals surface area contributed by atoms with Crippen molar-refractivity contribution in [1.29, 1.82) is 0 Å². The lowest BCUT2D eigenvalue weighted by atomic mass is 10.1. The number of rotatable bonds is 6. The van der Waals surface area contributed by atoms with E-state index in [0.717, 1.165) is 12.8 Å². The number of nitrogens with one attached hydrogen (secondary N) is 2. The molecule has 0 atom stereocenters. The summed E-state index contributed by atoms with van der Waals surface area (Å²) < 4.78 is 27.2. The number of benzene rings is 1. The average Bonchev–Trinajstić information content (AvgIpc) is 2.83. The molecule has 0 saturated carbocycles. The van der Waals surface area contributed by atoms with Gasteiger partial charge in [0.15, 0.2) is 0 Å². The molecule has 0 fully saturated rings. The van der Waals surface area contributed by atoms with Crippen LogP contribution in [0, 0.1) is 6.92 Å². The minimum Gasteiger partial charge on any atom is -0.326 e. The highest BCUT2D eigenvalue weighted by molar-refractivity contribution is 7.92. The molecule has 0 aliphatic rings. The smallest absolute Gasteiger partial charge is 0.281 e. The Morgan fingerprint density at radius 1 is 1.29 bits per heavy atom. The third kappa shape index (κ3) is 3.43. The summed E-state index contributed by atoms with van der Waals surface area (Å²) >= 11 is 0. The lowest BCUT2D eigenvalue weighted by molar-refractivity contribution is 0.596. The number of nitrogens with two attached hydrogens (primary N) is 1. The number of H-pyrrole nitrogens is 1. The van der Waals surface area contributed by atoms with Crippen LogP contribution in [0.3, 0.4) is 0 Å². The van der Waals surface area contributed by atoms with E-state index in [9.17, 15) is 8.42 Å². The first-order valence-electron chi connectivity index (χ1n) is 6.83. The van der Waals surface area contributed by atoms with Crippen LogP contribution >= 0.6 is 0 Å². The van der Waals surface area contributed by atoms with Gasteiger partial charge in [-0.05, 0) is 31.0 Å². The monoisotopic (exact) mass is 308 g/mol. The molecule has 114 valence electrons. The van der Waals surface area contributed by atoms with Gasteiger partial charge in [0.05, 0.1) is 0 Å². The van der Waals surface area contributed by atoms with Crippen LogP contribution in [0.15, 0.2) is 29.3 Å². The van der Waals surface area contributed by atoms with E-state index in [2.05, 4.69) is 21.8 Å². The zero-order valence-electron chi connectivity index (χ0n) is 12.2. The molecule has 1 aromatic heterocycles. The van der Waals surface area contributed by atoms with Crippen LogP contribution in [-0.4, -0.2) is 18.6 Å². The molecule has 0 spiro atoms. The molecular weight excluding hydrogens is 288 g/mol. The number of aromatic amines is 1. The number of aryl methyl sites for hydroxylation is 2. The molecule has 2 aromatic rings. The van der Waals surface area contributed by atoms with Gasteiger partial charge in [0.25, 0.3) is 10.0 Å². The predicted octanol–water partition coefficient (Wildman–Crippen LogP) is 1.93. The third-order valence-corrected chi connectivity index (χ3v) is 4.59. The van der Waals surface area contributed by atoms with Crippen molar-refractivity contribution in [3.05, 3.63) is 41.1 Å². The molecule has 7 heteroatoms. The maximum Gasteiger partial charge on any atom is 0.281 e. The molecule has 0 aliphatic carbocycles. The topological polar surface area (TPSA) is 101 Å². The highest BCUT2D eigenvalue weighted by Crippen LogP contribution is 2.20. The number of hydrogen-bond donors (Lipinski definition) is 3. The van der Waals surface area contributed by atoms with Crippen LogP contribution in [0.4, 0.5) is 5.69 Å². The van der Waals surface area contributed by atoms with E-state index in [1.165, 1.54) is 5.56 Å². The van der Waals surface area contributed by atoms with E-state index in [4.69, 9.17) is 5.73 Å². The molecule has 0 saturated heterocycles. The summed E-state index contributed by atoms with van der Waals surface area (Å²) in [6.07, 6.45) is 2.03. The van der Waals surface area contributed by atoms with Crippen molar-refractivity contribution in [2.75, 3.05) is 4.72 Å². The fourth-order valence-corrected chi connectivity index (χ4v) is 3.39. The molecule has 1 aromatic carbocycles. The number of anilines is 1. The van der Waals surface area contributed by atoms with Gasteiger partial charge in [0.1, 0.15) is 0 Å². The van der Waals surface area contributed by atoms with Crippen LogP contribution in [0.5, 0.6) is 0 Å². The molecule has 4 N–H and O–H groups in total. The summed E-state index contributed by atoms with van der Waals surface area (Å²) in [6.45, 7) is 3.96. The summed E-state index contributed by atoms with van der Waals surface area (Å²) in [6, 6.07) is 7.34. The van der Waals surface area contributed by atoms with Crippen molar-refractivity contribution in [2.45, 2.75) is 38.3 Å². The predicted molar refractivity (Wildman–Crippen MR) is 82.5 cm³/mol. The second-order valence-corrected chi connectivity index (χ2v) is 6.49. The van der Waals surface area contributed by atoms with Gasteiger partial charge in [0.2, 0.25) is 5.03 Å². The van der Waals surface area contributed by atoms with Crippen molar-refractivity contribution >= 4 is 15.7 Å². The molecule has 0 amide bonds. The largest absolute Gasteiger partial charge is 0.326 e. The normalized spacial score (nSPS) is 11.6. The first-order valence-corrected chi connectivity index (χ1v) is 8.32. The summed E-state index contributed by atoms with van der Waals surface area (Å²) in [5.74, 6) is 0. The lowest BCUT2D eigenvalue weighted by Gasteiger charge is -2.08. The molecule has 0 aliphatic heterocycles. The molecule has 0 bridgehead atoms. The van der Waals surface area contributed by atoms with Crippen molar-refractivity contribution in [3.63, 3.8) is 0 Å². The Kier molecular flexibility index (Phi) is 4.64. The average molecular weight is 308 g/mol. The SMILES string of the molecule is CCCc1ccc(NS(=O)(=O)c2n[nH]c(C)c2CN)cc1. The molecule has 0 unspecified atom stereocenters. The van der Waals surface area contributed by atoms with Crippen molar-refractivity contribution in [2.24, 2.45) is 5.73 Å². The van der Waals surface area contributed by atoms with Gasteiger partial charge < -0.3 is 5.73 Å². The van der Waals surface area contributed by atoms with Gasteiger partial charge in [-0.1, -0.05) is 25.5 Å². The van der Waals surface area contributed by atoms with E-state index < -0.39 is 10.0 Å². The molecule has 2 rings (SSSR count). The highest BCUT2D eigenvalue weighted by Gasteiger charge is 2.23. The Labute approximate surface area is 124 Å². The first-order chi connectivity index (χ1) is 9.97. The van der Waals surface area contributed by atoms with Crippen molar-refractivity contribution in [3.8, 4) is 0 Å². The summed E-state index contributed by atoms with van der Waals surface area (Å²) in [5.41, 5.74) is 8.45. The maximum atomic E-state index is 12.4. The third-order valence-electron chi connectivity index (χ3n) is 3.24. The fourth-order valence-electron chi connectivity index (χ4n) is 2.12. The van der Waals surface area contributed by atoms with Gasteiger partial charge in [-0.15, -0.1) is 0 Å². The Morgan fingerprint density at radius 3 is 2.52 bits per heavy atom. The van der Waals surface area contributed by atoms with E-state index >= 15 is 0 Å². The van der Waals surface area contributed by atoms with E-state index in [0.29, 0.717) is 16.9 Å².